The largest absolute Gasteiger partial charge is 0.304 e. The summed E-state index contributed by atoms with van der Waals surface area (Å²) < 4.78 is 42.2. The van der Waals surface area contributed by atoms with Crippen molar-refractivity contribution in [2.45, 2.75) is 37.5 Å². The van der Waals surface area contributed by atoms with Crippen LogP contribution in [0.1, 0.15) is 32.0 Å². The van der Waals surface area contributed by atoms with E-state index in [4.69, 9.17) is 0 Å². The maximum Gasteiger partial charge on any atom is 0.240 e. The van der Waals surface area contributed by atoms with Gasteiger partial charge in [-0.3, -0.25) is 0 Å². The number of benzene rings is 1. The molecule has 1 aromatic carbocycles. The molecule has 2 heterocycles. The number of rotatable bonds is 5. The van der Waals surface area contributed by atoms with Crippen molar-refractivity contribution >= 4 is 15.7 Å². The Morgan fingerprint density at radius 1 is 1.08 bits per heavy atom. The van der Waals surface area contributed by atoms with Crippen LogP contribution in [0.4, 0.5) is 4.39 Å². The second kappa shape index (κ2) is 6.81. The Morgan fingerprint density at radius 3 is 2.42 bits per heavy atom. The fourth-order valence-electron chi connectivity index (χ4n) is 2.67. The molecule has 3 rings (SSSR count). The Balaban J connectivity index is 1.66. The predicted octanol–water partition coefficient (Wildman–Crippen LogP) is 3.29. The number of hydrogen-bond acceptors (Lipinski definition) is 3. The lowest BCUT2D eigenvalue weighted by molar-refractivity contribution is 0.578. The summed E-state index contributed by atoms with van der Waals surface area (Å²) in [5, 5.41) is 0. The molecule has 0 aliphatic rings. The normalized spacial score (nSPS) is 12.6. The molecule has 26 heavy (non-hydrogen) atoms. The van der Waals surface area contributed by atoms with Gasteiger partial charge >= 0.3 is 0 Å². The van der Waals surface area contributed by atoms with Crippen LogP contribution in [0.3, 0.4) is 0 Å². The van der Waals surface area contributed by atoms with Crippen molar-refractivity contribution in [3.8, 4) is 0 Å². The number of pyridine rings is 1. The van der Waals surface area contributed by atoms with Crippen molar-refractivity contribution in [3.05, 3.63) is 65.9 Å². The van der Waals surface area contributed by atoms with E-state index in [0.717, 1.165) is 5.56 Å². The molecule has 0 aliphatic heterocycles. The molecule has 0 saturated heterocycles. The molecule has 0 aliphatic carbocycles. The summed E-state index contributed by atoms with van der Waals surface area (Å²) in [4.78, 5) is 4.58. The van der Waals surface area contributed by atoms with Crippen LogP contribution in [-0.2, 0) is 21.9 Å². The van der Waals surface area contributed by atoms with E-state index in [0.29, 0.717) is 17.8 Å². The first kappa shape index (κ1) is 18.5. The van der Waals surface area contributed by atoms with Crippen molar-refractivity contribution in [1.29, 1.82) is 0 Å². The summed E-state index contributed by atoms with van der Waals surface area (Å²) in [5.41, 5.74) is 2.37. The number of imidazole rings is 1. The minimum atomic E-state index is -3.57. The molecule has 0 unspecified atom stereocenters. The Bertz CT molecular complexity index is 1020. The third kappa shape index (κ3) is 4.11. The van der Waals surface area contributed by atoms with E-state index in [1.54, 1.807) is 28.8 Å². The molecule has 0 spiro atoms. The van der Waals surface area contributed by atoms with Gasteiger partial charge in [0, 0.05) is 25.4 Å². The van der Waals surface area contributed by atoms with Crippen LogP contribution in [0.25, 0.3) is 5.65 Å². The van der Waals surface area contributed by atoms with Crippen molar-refractivity contribution in [2.24, 2.45) is 0 Å². The standard InChI is InChI=1S/C19H22FN3O2S/c1-19(2,3)14-4-7-17(8-5-14)26(24,25)21-11-10-16-13-23-12-15(20)6-9-18(23)22-16/h4-9,12-13,21H,10-11H2,1-3H3. The maximum absolute atomic E-state index is 13.2. The number of halogens is 1. The van der Waals surface area contributed by atoms with E-state index in [2.05, 4.69) is 30.5 Å². The molecular weight excluding hydrogens is 353 g/mol. The molecule has 7 heteroatoms. The van der Waals surface area contributed by atoms with Gasteiger partial charge in [0.05, 0.1) is 10.6 Å². The van der Waals surface area contributed by atoms with E-state index in [1.807, 2.05) is 12.1 Å². The lowest BCUT2D eigenvalue weighted by Gasteiger charge is -2.19. The Hall–Kier alpha value is -2.25. The summed E-state index contributed by atoms with van der Waals surface area (Å²) in [5.74, 6) is -0.346. The van der Waals surface area contributed by atoms with Gasteiger partial charge in [0.25, 0.3) is 0 Å². The number of sulfonamides is 1. The SMILES string of the molecule is CC(C)(C)c1ccc(S(=O)(=O)NCCc2cn3cc(F)ccc3n2)cc1. The summed E-state index contributed by atoms with van der Waals surface area (Å²) >= 11 is 0. The molecule has 0 radical (unpaired) electrons. The molecule has 1 N–H and O–H groups in total. The van der Waals surface area contributed by atoms with Crippen LogP contribution in [0, 0.1) is 5.82 Å². The van der Waals surface area contributed by atoms with Gasteiger partial charge in [0.15, 0.2) is 0 Å². The lowest BCUT2D eigenvalue weighted by Crippen LogP contribution is -2.26. The fraction of sp³-hybridized carbons (Fsp3) is 0.316. The van der Waals surface area contributed by atoms with Crippen LogP contribution in [0.2, 0.25) is 0 Å². The van der Waals surface area contributed by atoms with Crippen LogP contribution in [0.5, 0.6) is 0 Å². The van der Waals surface area contributed by atoms with Crippen LogP contribution >= 0.6 is 0 Å². The Kier molecular flexibility index (Phi) is 4.86. The van der Waals surface area contributed by atoms with Gasteiger partial charge in [-0.25, -0.2) is 22.5 Å². The van der Waals surface area contributed by atoms with Gasteiger partial charge in [-0.15, -0.1) is 0 Å². The highest BCUT2D eigenvalue weighted by Gasteiger charge is 2.17. The summed E-state index contributed by atoms with van der Waals surface area (Å²) in [6.07, 6.45) is 3.46. The molecule has 0 atom stereocenters. The summed E-state index contributed by atoms with van der Waals surface area (Å²) in [6.45, 7) is 6.45. The highest BCUT2D eigenvalue weighted by Crippen LogP contribution is 2.23. The van der Waals surface area contributed by atoms with Gasteiger partial charge < -0.3 is 4.40 Å². The number of hydrogen-bond donors (Lipinski definition) is 1. The van der Waals surface area contributed by atoms with Crippen molar-refractivity contribution in [2.75, 3.05) is 6.54 Å². The Morgan fingerprint density at radius 2 is 1.77 bits per heavy atom. The smallest absolute Gasteiger partial charge is 0.240 e. The molecule has 0 amide bonds. The van der Waals surface area contributed by atoms with E-state index >= 15 is 0 Å². The van der Waals surface area contributed by atoms with E-state index < -0.39 is 10.0 Å². The van der Waals surface area contributed by atoms with E-state index in [1.165, 1.54) is 12.3 Å². The van der Waals surface area contributed by atoms with E-state index in [9.17, 15) is 12.8 Å². The highest BCUT2D eigenvalue weighted by molar-refractivity contribution is 7.89. The van der Waals surface area contributed by atoms with Crippen LogP contribution in [0.15, 0.2) is 53.7 Å². The second-order valence-corrected chi connectivity index (χ2v) is 9.03. The third-order valence-corrected chi connectivity index (χ3v) is 5.65. The first-order valence-electron chi connectivity index (χ1n) is 8.38. The molecule has 0 bridgehead atoms. The van der Waals surface area contributed by atoms with Crippen LogP contribution < -0.4 is 4.72 Å². The van der Waals surface area contributed by atoms with Gasteiger partial charge in [-0.1, -0.05) is 32.9 Å². The first-order valence-corrected chi connectivity index (χ1v) is 9.87. The molecule has 3 aromatic rings. The predicted molar refractivity (Wildman–Crippen MR) is 99.2 cm³/mol. The number of nitrogens with zero attached hydrogens (tertiary/aromatic N) is 2. The average molecular weight is 375 g/mol. The molecule has 5 nitrogen and oxygen atoms in total. The van der Waals surface area contributed by atoms with Gasteiger partial charge in [0.2, 0.25) is 10.0 Å². The first-order chi connectivity index (χ1) is 12.1. The zero-order valence-corrected chi connectivity index (χ0v) is 15.8. The van der Waals surface area contributed by atoms with Gasteiger partial charge in [-0.2, -0.15) is 0 Å². The minimum absolute atomic E-state index is 0.0294. The minimum Gasteiger partial charge on any atom is -0.304 e. The summed E-state index contributed by atoms with van der Waals surface area (Å²) in [6, 6.07) is 9.85. The zero-order valence-electron chi connectivity index (χ0n) is 15.0. The van der Waals surface area contributed by atoms with Crippen molar-refractivity contribution in [3.63, 3.8) is 0 Å². The van der Waals surface area contributed by atoms with Crippen molar-refractivity contribution < 1.29 is 12.8 Å². The number of fused-ring (bicyclic) bond motifs is 1. The molecule has 0 fully saturated rings. The monoisotopic (exact) mass is 375 g/mol. The van der Waals surface area contributed by atoms with Crippen LogP contribution in [-0.4, -0.2) is 24.3 Å². The quantitative estimate of drug-likeness (QED) is 0.744. The molecule has 138 valence electrons. The molecular formula is C19H22FN3O2S. The summed E-state index contributed by atoms with van der Waals surface area (Å²) in [7, 11) is -3.57. The molecule has 0 saturated carbocycles. The van der Waals surface area contributed by atoms with Gasteiger partial charge in [0.1, 0.15) is 11.5 Å². The third-order valence-electron chi connectivity index (χ3n) is 4.17. The number of nitrogens with one attached hydrogen (secondary N) is 1. The Labute approximate surface area is 152 Å². The topological polar surface area (TPSA) is 63.5 Å². The zero-order chi connectivity index (χ0) is 18.9. The number of aromatic nitrogens is 2. The van der Waals surface area contributed by atoms with Gasteiger partial charge in [-0.05, 0) is 35.2 Å². The molecule has 2 aromatic heterocycles. The average Bonchev–Trinajstić information content (AvgIpc) is 2.95. The second-order valence-electron chi connectivity index (χ2n) is 7.27. The lowest BCUT2D eigenvalue weighted by atomic mass is 9.87. The highest BCUT2D eigenvalue weighted by atomic mass is 32.2. The maximum atomic E-state index is 13.2. The van der Waals surface area contributed by atoms with E-state index in [-0.39, 0.29) is 22.7 Å². The van der Waals surface area contributed by atoms with Crippen molar-refractivity contribution in [1.82, 2.24) is 14.1 Å². The fourth-order valence-corrected chi connectivity index (χ4v) is 3.70.